The summed E-state index contributed by atoms with van der Waals surface area (Å²) in [6, 6.07) is 4.10. The van der Waals surface area contributed by atoms with Crippen LogP contribution in [0.4, 0.5) is 18.9 Å². The molecule has 0 bridgehead atoms. The number of primary amides is 1. The Hall–Kier alpha value is -2.29. The molecule has 3 N–H and O–H groups in total. The lowest BCUT2D eigenvalue weighted by Gasteiger charge is -2.21. The Bertz CT molecular complexity index is 532. The average molecular weight is 319 g/mol. The first-order valence-corrected chi connectivity index (χ1v) is 6.23. The topological polar surface area (TPSA) is 84.7 Å². The summed E-state index contributed by atoms with van der Waals surface area (Å²) in [6.45, 7) is 1.46. The summed E-state index contributed by atoms with van der Waals surface area (Å²) in [6.07, 6.45) is -4.77. The number of nitrogens with two attached hydrogens (primary N) is 1. The molecule has 1 rings (SSSR count). The molecule has 22 heavy (non-hydrogen) atoms. The van der Waals surface area contributed by atoms with Crippen molar-refractivity contribution in [1.29, 1.82) is 0 Å². The van der Waals surface area contributed by atoms with Gasteiger partial charge in [0.15, 0.2) is 0 Å². The van der Waals surface area contributed by atoms with Gasteiger partial charge in [-0.15, -0.1) is 13.2 Å². The van der Waals surface area contributed by atoms with Crippen LogP contribution in [0.2, 0.25) is 0 Å². The Morgan fingerprint density at radius 2 is 1.86 bits per heavy atom. The molecule has 6 nitrogen and oxygen atoms in total. The lowest BCUT2D eigenvalue weighted by molar-refractivity contribution is -0.274. The molecular weight excluding hydrogens is 303 g/mol. The average Bonchev–Trinajstić information content (AvgIpc) is 2.38. The van der Waals surface area contributed by atoms with Crippen LogP contribution < -0.4 is 15.8 Å². The van der Waals surface area contributed by atoms with E-state index in [1.807, 2.05) is 0 Å². The molecule has 0 aliphatic rings. The van der Waals surface area contributed by atoms with Gasteiger partial charge in [0.05, 0.1) is 12.6 Å². The molecule has 9 heteroatoms. The van der Waals surface area contributed by atoms with Crippen molar-refractivity contribution in [2.45, 2.75) is 19.3 Å². The second-order valence-electron chi connectivity index (χ2n) is 4.61. The maximum Gasteiger partial charge on any atom is 0.573 e. The van der Waals surface area contributed by atoms with Crippen LogP contribution in [0.5, 0.6) is 5.75 Å². The number of carbonyl (C=O) groups excluding carboxylic acids is 2. The van der Waals surface area contributed by atoms with E-state index in [1.165, 1.54) is 17.0 Å². The van der Waals surface area contributed by atoms with Gasteiger partial charge < -0.3 is 15.8 Å². The van der Waals surface area contributed by atoms with E-state index in [-0.39, 0.29) is 12.3 Å². The summed E-state index contributed by atoms with van der Waals surface area (Å²) in [5.74, 6) is -1.38. The number of likely N-dealkylation sites (N-methyl/N-ethyl adjacent to an activating group) is 1. The molecule has 0 heterocycles. The zero-order chi connectivity index (χ0) is 16.9. The number of carbonyl (C=O) groups is 2. The van der Waals surface area contributed by atoms with Crippen LogP contribution in [-0.2, 0) is 9.59 Å². The Morgan fingerprint density at radius 3 is 2.32 bits per heavy atom. The number of nitrogens with zero attached hydrogens (tertiary/aromatic N) is 1. The monoisotopic (exact) mass is 319 g/mol. The lowest BCUT2D eigenvalue weighted by Crippen LogP contribution is -2.43. The van der Waals surface area contributed by atoms with E-state index in [1.54, 1.807) is 14.0 Å². The zero-order valence-corrected chi connectivity index (χ0v) is 12.0. The number of alkyl halides is 3. The summed E-state index contributed by atoms with van der Waals surface area (Å²) < 4.78 is 39.7. The van der Waals surface area contributed by atoms with Gasteiger partial charge in [-0.1, -0.05) is 0 Å². The second-order valence-corrected chi connectivity index (χ2v) is 4.61. The molecule has 0 aliphatic heterocycles. The largest absolute Gasteiger partial charge is 0.573 e. The van der Waals surface area contributed by atoms with Crippen LogP contribution in [0.3, 0.4) is 0 Å². The maximum atomic E-state index is 12.0. The van der Waals surface area contributed by atoms with Crippen LogP contribution >= 0.6 is 0 Å². The van der Waals surface area contributed by atoms with Crippen molar-refractivity contribution in [3.05, 3.63) is 24.3 Å². The van der Waals surface area contributed by atoms with Crippen molar-refractivity contribution in [3.63, 3.8) is 0 Å². The molecule has 0 aliphatic carbocycles. The Labute approximate surface area is 125 Å². The van der Waals surface area contributed by atoms with E-state index < -0.39 is 24.2 Å². The smallest absolute Gasteiger partial charge is 0.406 e. The highest BCUT2D eigenvalue weighted by atomic mass is 19.4. The number of hydrogen-bond donors (Lipinski definition) is 2. The molecule has 0 aromatic heterocycles. The molecular formula is C13H16F3N3O3. The molecule has 0 spiro atoms. The number of amides is 2. The van der Waals surface area contributed by atoms with Gasteiger partial charge in [-0.25, -0.2) is 0 Å². The van der Waals surface area contributed by atoms with Gasteiger partial charge in [0.1, 0.15) is 5.75 Å². The van der Waals surface area contributed by atoms with Crippen molar-refractivity contribution in [3.8, 4) is 5.75 Å². The number of hydrogen-bond acceptors (Lipinski definition) is 4. The molecule has 122 valence electrons. The van der Waals surface area contributed by atoms with Crippen LogP contribution in [0.1, 0.15) is 6.92 Å². The third-order valence-electron chi connectivity index (χ3n) is 2.84. The minimum atomic E-state index is -4.77. The minimum Gasteiger partial charge on any atom is -0.406 e. The predicted molar refractivity (Wildman–Crippen MR) is 73.0 cm³/mol. The number of nitrogens with one attached hydrogen (secondary N) is 1. The highest BCUT2D eigenvalue weighted by Crippen LogP contribution is 2.23. The summed E-state index contributed by atoms with van der Waals surface area (Å²) >= 11 is 0. The molecule has 2 amide bonds. The standard InChI is InChI=1S/C13H16F3N3O3/c1-8(12(17)21)19(2)7-11(20)18-9-3-5-10(6-4-9)22-13(14,15)16/h3-6,8H,7H2,1-2H3,(H2,17,21)(H,18,20)/t8-/m0/s1. The van der Waals surface area contributed by atoms with Gasteiger partial charge in [0, 0.05) is 5.69 Å². The summed E-state index contributed by atoms with van der Waals surface area (Å²) in [5.41, 5.74) is 5.42. The third kappa shape index (κ3) is 6.00. The van der Waals surface area contributed by atoms with Gasteiger partial charge in [-0.05, 0) is 38.2 Å². The van der Waals surface area contributed by atoms with Gasteiger partial charge in [-0.3, -0.25) is 14.5 Å². The summed E-state index contributed by atoms with van der Waals surface area (Å²) in [4.78, 5) is 24.2. The van der Waals surface area contributed by atoms with Gasteiger partial charge in [0.2, 0.25) is 11.8 Å². The fourth-order valence-electron chi connectivity index (χ4n) is 1.52. The van der Waals surface area contributed by atoms with Crippen molar-refractivity contribution >= 4 is 17.5 Å². The first-order valence-electron chi connectivity index (χ1n) is 6.23. The van der Waals surface area contributed by atoms with E-state index in [2.05, 4.69) is 10.1 Å². The molecule has 1 aromatic rings. The number of rotatable bonds is 6. The van der Waals surface area contributed by atoms with Crippen molar-refractivity contribution in [2.75, 3.05) is 18.9 Å². The van der Waals surface area contributed by atoms with E-state index in [0.717, 1.165) is 12.1 Å². The van der Waals surface area contributed by atoms with Crippen LogP contribution in [0.25, 0.3) is 0 Å². The minimum absolute atomic E-state index is 0.0924. The quantitative estimate of drug-likeness (QED) is 0.828. The number of anilines is 1. The van der Waals surface area contributed by atoms with Crippen molar-refractivity contribution in [2.24, 2.45) is 5.73 Å². The zero-order valence-electron chi connectivity index (χ0n) is 12.0. The van der Waals surface area contributed by atoms with Gasteiger partial charge >= 0.3 is 6.36 Å². The van der Waals surface area contributed by atoms with Crippen molar-refractivity contribution in [1.82, 2.24) is 4.90 Å². The highest BCUT2D eigenvalue weighted by molar-refractivity contribution is 5.92. The van der Waals surface area contributed by atoms with E-state index in [4.69, 9.17) is 5.73 Å². The number of halogens is 3. The lowest BCUT2D eigenvalue weighted by atomic mass is 10.2. The number of ether oxygens (including phenoxy) is 1. The Morgan fingerprint density at radius 1 is 1.32 bits per heavy atom. The normalized spacial score (nSPS) is 12.8. The first-order chi connectivity index (χ1) is 10.1. The van der Waals surface area contributed by atoms with Crippen LogP contribution in [0, 0.1) is 0 Å². The Kier molecular flexibility index (Phi) is 5.75. The maximum absolute atomic E-state index is 12.0. The number of benzene rings is 1. The molecule has 0 fully saturated rings. The summed E-state index contributed by atoms with van der Waals surface area (Å²) in [7, 11) is 1.55. The SMILES string of the molecule is C[C@@H](C(N)=O)N(C)CC(=O)Nc1ccc(OC(F)(F)F)cc1. The van der Waals surface area contributed by atoms with Crippen molar-refractivity contribution < 1.29 is 27.5 Å². The highest BCUT2D eigenvalue weighted by Gasteiger charge is 2.31. The van der Waals surface area contributed by atoms with Crippen LogP contribution in [-0.4, -0.2) is 42.7 Å². The fourth-order valence-corrected chi connectivity index (χ4v) is 1.52. The molecule has 0 saturated heterocycles. The van der Waals surface area contributed by atoms with E-state index in [0.29, 0.717) is 5.69 Å². The predicted octanol–water partition coefficient (Wildman–Crippen LogP) is 1.33. The van der Waals surface area contributed by atoms with E-state index in [9.17, 15) is 22.8 Å². The first kappa shape index (κ1) is 17.8. The van der Waals surface area contributed by atoms with Gasteiger partial charge in [-0.2, -0.15) is 0 Å². The molecule has 0 radical (unpaired) electrons. The third-order valence-corrected chi connectivity index (χ3v) is 2.84. The Balaban J connectivity index is 2.56. The van der Waals surface area contributed by atoms with E-state index >= 15 is 0 Å². The summed E-state index contributed by atoms with van der Waals surface area (Å²) in [5, 5.41) is 2.49. The molecule has 1 atom stereocenters. The molecule has 0 unspecified atom stereocenters. The second kappa shape index (κ2) is 7.12. The fraction of sp³-hybridized carbons (Fsp3) is 0.385. The van der Waals surface area contributed by atoms with Gasteiger partial charge in [0.25, 0.3) is 0 Å². The van der Waals surface area contributed by atoms with Crippen LogP contribution in [0.15, 0.2) is 24.3 Å². The molecule has 1 aromatic carbocycles. The molecule has 0 saturated carbocycles.